The number of ether oxygens (including phenoxy) is 2. The van der Waals surface area contributed by atoms with Crippen molar-refractivity contribution >= 4 is 17.4 Å². The van der Waals surface area contributed by atoms with E-state index in [0.29, 0.717) is 39.4 Å². The van der Waals surface area contributed by atoms with E-state index in [4.69, 9.17) is 4.74 Å². The maximum atomic E-state index is 13.2. The van der Waals surface area contributed by atoms with Crippen LogP contribution in [0.15, 0.2) is 24.3 Å². The smallest absolute Gasteiger partial charge is 0.406 e. The Morgan fingerprint density at radius 1 is 1.09 bits per heavy atom. The van der Waals surface area contributed by atoms with E-state index in [2.05, 4.69) is 28.8 Å². The summed E-state index contributed by atoms with van der Waals surface area (Å²) >= 11 is 1.56. The van der Waals surface area contributed by atoms with E-state index in [1.165, 1.54) is 12.1 Å². The molecule has 11 heteroatoms. The van der Waals surface area contributed by atoms with Crippen molar-refractivity contribution in [2.75, 3.05) is 39.4 Å². The number of urea groups is 1. The van der Waals surface area contributed by atoms with E-state index in [-0.39, 0.29) is 29.5 Å². The maximum Gasteiger partial charge on any atom is 0.573 e. The normalized spacial score (nSPS) is 22.0. The summed E-state index contributed by atoms with van der Waals surface area (Å²) in [6, 6.07) is 5.89. The van der Waals surface area contributed by atoms with Crippen molar-refractivity contribution in [3.8, 4) is 5.75 Å². The second kappa shape index (κ2) is 9.84. The number of hydrogen-bond donors (Lipinski definition) is 0. The molecule has 2 aliphatic rings. The minimum Gasteiger partial charge on any atom is -0.406 e. The fourth-order valence-electron chi connectivity index (χ4n) is 4.22. The Bertz CT molecular complexity index is 945. The van der Waals surface area contributed by atoms with Crippen LogP contribution in [0.4, 0.5) is 18.0 Å². The van der Waals surface area contributed by atoms with Gasteiger partial charge in [-0.3, -0.25) is 0 Å². The van der Waals surface area contributed by atoms with E-state index in [1.807, 2.05) is 4.90 Å². The number of alkyl halides is 3. The third kappa shape index (κ3) is 5.94. The van der Waals surface area contributed by atoms with Crippen LogP contribution in [0.25, 0.3) is 0 Å². The fourth-order valence-corrected chi connectivity index (χ4v) is 5.17. The number of benzene rings is 1. The third-order valence-electron chi connectivity index (χ3n) is 5.89. The van der Waals surface area contributed by atoms with Crippen LogP contribution in [0.2, 0.25) is 0 Å². The maximum absolute atomic E-state index is 13.2. The lowest BCUT2D eigenvalue weighted by molar-refractivity contribution is -0.274. The lowest BCUT2D eigenvalue weighted by atomic mass is 9.85. The van der Waals surface area contributed by atoms with E-state index in [0.717, 1.165) is 22.0 Å². The van der Waals surface area contributed by atoms with Gasteiger partial charge in [0.25, 0.3) is 0 Å². The van der Waals surface area contributed by atoms with Crippen molar-refractivity contribution in [1.82, 2.24) is 20.0 Å². The van der Waals surface area contributed by atoms with Gasteiger partial charge in [-0.05, 0) is 24.1 Å². The quantitative estimate of drug-likeness (QED) is 0.635. The number of piperidine rings is 1. The molecule has 2 fully saturated rings. The molecule has 180 valence electrons. The Kier molecular flexibility index (Phi) is 7.08. The Labute approximate surface area is 194 Å². The molecular weight excluding hydrogens is 457 g/mol. The second-order valence-electron chi connectivity index (χ2n) is 8.67. The molecule has 2 saturated heterocycles. The SMILES string of the molecule is CC(C)c1nnc(C2CC(c3ccc(OC(F)(F)F)cc3)CN(C(=O)N3CCOCC3)C2)s1. The van der Waals surface area contributed by atoms with Gasteiger partial charge >= 0.3 is 12.4 Å². The van der Waals surface area contributed by atoms with E-state index >= 15 is 0 Å². The van der Waals surface area contributed by atoms with Gasteiger partial charge < -0.3 is 19.3 Å². The lowest BCUT2D eigenvalue weighted by Crippen LogP contribution is -2.52. The monoisotopic (exact) mass is 484 g/mol. The summed E-state index contributed by atoms with van der Waals surface area (Å²) in [6.45, 7) is 7.27. The number of carbonyl (C=O) groups is 1. The summed E-state index contributed by atoms with van der Waals surface area (Å²) in [5.41, 5.74) is 0.864. The molecule has 1 aromatic heterocycles. The van der Waals surface area contributed by atoms with Crippen LogP contribution >= 0.6 is 11.3 Å². The second-order valence-corrected chi connectivity index (χ2v) is 9.71. The van der Waals surface area contributed by atoms with Gasteiger partial charge in [-0.15, -0.1) is 34.7 Å². The van der Waals surface area contributed by atoms with Crippen molar-refractivity contribution in [3.63, 3.8) is 0 Å². The van der Waals surface area contributed by atoms with E-state index in [9.17, 15) is 18.0 Å². The highest BCUT2D eigenvalue weighted by Crippen LogP contribution is 2.38. The predicted octanol–water partition coefficient (Wildman–Crippen LogP) is 4.59. The number of rotatable bonds is 4. The average molecular weight is 485 g/mol. The molecule has 0 bridgehead atoms. The minimum absolute atomic E-state index is 0.00448. The van der Waals surface area contributed by atoms with Crippen molar-refractivity contribution in [2.45, 2.75) is 44.4 Å². The molecule has 0 aliphatic carbocycles. The highest BCUT2D eigenvalue weighted by Gasteiger charge is 2.36. The van der Waals surface area contributed by atoms with Gasteiger partial charge in [0.1, 0.15) is 15.8 Å². The first kappa shape index (κ1) is 23.7. The first-order chi connectivity index (χ1) is 15.7. The molecule has 0 N–H and O–H groups in total. The first-order valence-corrected chi connectivity index (χ1v) is 11.8. The summed E-state index contributed by atoms with van der Waals surface area (Å²) in [5, 5.41) is 10.6. The van der Waals surface area contributed by atoms with Gasteiger partial charge in [0.2, 0.25) is 0 Å². The Morgan fingerprint density at radius 3 is 2.36 bits per heavy atom. The number of hydrogen-bond acceptors (Lipinski definition) is 6. The molecule has 2 unspecified atom stereocenters. The molecule has 0 saturated carbocycles. The van der Waals surface area contributed by atoms with Crippen LogP contribution in [0, 0.1) is 0 Å². The largest absolute Gasteiger partial charge is 0.573 e. The molecule has 33 heavy (non-hydrogen) atoms. The van der Waals surface area contributed by atoms with Gasteiger partial charge in [-0.2, -0.15) is 0 Å². The van der Waals surface area contributed by atoms with E-state index in [1.54, 1.807) is 28.4 Å². The summed E-state index contributed by atoms with van der Waals surface area (Å²) in [4.78, 5) is 16.9. The molecule has 7 nitrogen and oxygen atoms in total. The number of morpholine rings is 1. The van der Waals surface area contributed by atoms with Crippen LogP contribution < -0.4 is 4.74 Å². The topological polar surface area (TPSA) is 67.8 Å². The number of halogens is 3. The van der Waals surface area contributed by atoms with Crippen molar-refractivity contribution in [2.24, 2.45) is 0 Å². The zero-order valence-corrected chi connectivity index (χ0v) is 19.4. The molecule has 0 spiro atoms. The number of nitrogens with zero attached hydrogens (tertiary/aromatic N) is 4. The number of carbonyl (C=O) groups excluding carboxylic acids is 1. The predicted molar refractivity (Wildman–Crippen MR) is 117 cm³/mol. The zero-order valence-electron chi connectivity index (χ0n) is 18.5. The van der Waals surface area contributed by atoms with E-state index < -0.39 is 6.36 Å². The highest BCUT2D eigenvalue weighted by atomic mass is 32.1. The Hall–Kier alpha value is -2.40. The number of aromatic nitrogens is 2. The minimum atomic E-state index is -4.73. The number of amides is 2. The summed E-state index contributed by atoms with van der Waals surface area (Å²) in [7, 11) is 0. The molecule has 2 aliphatic heterocycles. The molecule has 1 aromatic carbocycles. The van der Waals surface area contributed by atoms with Crippen LogP contribution in [0.5, 0.6) is 5.75 Å². The van der Waals surface area contributed by atoms with Crippen LogP contribution in [0.1, 0.15) is 53.6 Å². The third-order valence-corrected chi connectivity index (χ3v) is 7.27. The number of likely N-dealkylation sites (tertiary alicyclic amines) is 1. The molecule has 3 heterocycles. The van der Waals surface area contributed by atoms with Crippen molar-refractivity contribution in [1.29, 1.82) is 0 Å². The summed E-state index contributed by atoms with van der Waals surface area (Å²) < 4.78 is 46.9. The molecule has 4 rings (SSSR count). The van der Waals surface area contributed by atoms with Gasteiger partial charge in [0, 0.05) is 43.9 Å². The van der Waals surface area contributed by atoms with Crippen LogP contribution in [-0.4, -0.2) is 71.8 Å². The highest BCUT2D eigenvalue weighted by molar-refractivity contribution is 7.11. The van der Waals surface area contributed by atoms with Crippen LogP contribution in [-0.2, 0) is 4.74 Å². The fraction of sp³-hybridized carbons (Fsp3) is 0.591. The molecule has 0 radical (unpaired) electrons. The van der Waals surface area contributed by atoms with Crippen molar-refractivity contribution < 1.29 is 27.4 Å². The van der Waals surface area contributed by atoms with Gasteiger partial charge in [0.15, 0.2) is 0 Å². The molecule has 2 aromatic rings. The zero-order chi connectivity index (χ0) is 23.6. The Balaban J connectivity index is 1.56. The summed E-state index contributed by atoms with van der Waals surface area (Å²) in [6.07, 6.45) is -4.00. The molecule has 2 atom stereocenters. The molecular formula is C22H27F3N4O3S. The van der Waals surface area contributed by atoms with Gasteiger partial charge in [0.05, 0.1) is 13.2 Å². The van der Waals surface area contributed by atoms with Crippen LogP contribution in [0.3, 0.4) is 0 Å². The van der Waals surface area contributed by atoms with Gasteiger partial charge in [-0.25, -0.2) is 4.79 Å². The van der Waals surface area contributed by atoms with Crippen molar-refractivity contribution in [3.05, 3.63) is 39.8 Å². The average Bonchev–Trinajstić information content (AvgIpc) is 3.29. The summed E-state index contributed by atoms with van der Waals surface area (Å²) in [5.74, 6) is -0.0293. The van der Waals surface area contributed by atoms with Gasteiger partial charge in [-0.1, -0.05) is 26.0 Å². The Morgan fingerprint density at radius 2 is 1.76 bits per heavy atom. The lowest BCUT2D eigenvalue weighted by Gasteiger charge is -2.40. The standard InChI is InChI=1S/C22H27F3N4O3S/c1-14(2)19-26-27-20(33-19)17-11-16(15-3-5-18(6-4-15)32-22(23,24)25)12-29(13-17)21(30)28-7-9-31-10-8-28/h3-6,14,16-17H,7-13H2,1-2H3. The molecule has 2 amide bonds. The first-order valence-electron chi connectivity index (χ1n) is 11.0.